The lowest BCUT2D eigenvalue weighted by Crippen LogP contribution is -2.41. The zero-order chi connectivity index (χ0) is 22.9. The molecule has 0 bridgehead atoms. The molecule has 0 radical (unpaired) electrons. The van der Waals surface area contributed by atoms with E-state index in [0.29, 0.717) is 41.6 Å². The van der Waals surface area contributed by atoms with E-state index < -0.39 is 22.0 Å². The Labute approximate surface area is 193 Å². The van der Waals surface area contributed by atoms with Crippen LogP contribution in [0, 0.1) is 6.92 Å². The molecule has 2 aromatic rings. The lowest BCUT2D eigenvalue weighted by atomic mass is 10.1. The summed E-state index contributed by atoms with van der Waals surface area (Å²) in [6, 6.07) is 12.7. The molecule has 1 atom stereocenters. The maximum absolute atomic E-state index is 12.6. The number of carbonyl (C=O) groups excluding carboxylic acids is 1. The standard InChI is InChI=1S/C21H26ClN3O4S2/c1-15-10-12-16(13-11-15)31(27,28)25-19(20(26)29-2)9-5-6-14-23-21(30)24-18-8-4-3-7-17(18)22/h3-4,7-8,10-13,19,25H,5-6,9,14H2,1-2H3,(H2,23,24,30). The predicted octanol–water partition coefficient (Wildman–Crippen LogP) is 3.63. The number of methoxy groups -OCH3 is 1. The number of esters is 1. The number of hydrogen-bond acceptors (Lipinski definition) is 5. The van der Waals surface area contributed by atoms with E-state index in [2.05, 4.69) is 15.4 Å². The number of rotatable bonds is 10. The molecule has 0 amide bonds. The van der Waals surface area contributed by atoms with E-state index in [4.69, 9.17) is 28.6 Å². The van der Waals surface area contributed by atoms with Gasteiger partial charge in [0, 0.05) is 6.54 Å². The van der Waals surface area contributed by atoms with Gasteiger partial charge in [-0.3, -0.25) is 4.79 Å². The minimum absolute atomic E-state index is 0.102. The van der Waals surface area contributed by atoms with Crippen molar-refractivity contribution in [3.63, 3.8) is 0 Å². The van der Waals surface area contributed by atoms with E-state index in [1.165, 1.54) is 19.2 Å². The molecule has 7 nitrogen and oxygen atoms in total. The first-order chi connectivity index (χ1) is 14.7. The average Bonchev–Trinajstić information content (AvgIpc) is 2.74. The van der Waals surface area contributed by atoms with Crippen molar-refractivity contribution >= 4 is 50.6 Å². The van der Waals surface area contributed by atoms with E-state index in [0.717, 1.165) is 5.56 Å². The van der Waals surface area contributed by atoms with E-state index in [9.17, 15) is 13.2 Å². The van der Waals surface area contributed by atoms with Crippen molar-refractivity contribution in [2.45, 2.75) is 37.1 Å². The van der Waals surface area contributed by atoms with Gasteiger partial charge in [-0.05, 0) is 62.7 Å². The molecule has 10 heteroatoms. The number of para-hydroxylation sites is 1. The van der Waals surface area contributed by atoms with Gasteiger partial charge in [-0.15, -0.1) is 0 Å². The molecule has 0 aliphatic rings. The molecule has 0 aromatic heterocycles. The molecule has 0 aliphatic heterocycles. The highest BCUT2D eigenvalue weighted by atomic mass is 35.5. The summed E-state index contributed by atoms with van der Waals surface area (Å²) < 4.78 is 32.4. The van der Waals surface area contributed by atoms with Crippen molar-refractivity contribution < 1.29 is 17.9 Å². The van der Waals surface area contributed by atoms with Crippen molar-refractivity contribution in [3.05, 3.63) is 59.1 Å². The SMILES string of the molecule is COC(=O)C(CCCCNC(=S)Nc1ccccc1Cl)NS(=O)(=O)c1ccc(C)cc1. The van der Waals surface area contributed by atoms with Gasteiger partial charge in [0.1, 0.15) is 6.04 Å². The summed E-state index contributed by atoms with van der Waals surface area (Å²) in [5.74, 6) is -0.625. The van der Waals surface area contributed by atoms with Gasteiger partial charge < -0.3 is 15.4 Å². The quantitative estimate of drug-likeness (QED) is 0.270. The number of unbranched alkanes of at least 4 members (excludes halogenated alkanes) is 1. The van der Waals surface area contributed by atoms with Gasteiger partial charge in [-0.25, -0.2) is 8.42 Å². The van der Waals surface area contributed by atoms with Crippen LogP contribution >= 0.6 is 23.8 Å². The summed E-state index contributed by atoms with van der Waals surface area (Å²) in [6.45, 7) is 2.42. The number of thiocarbonyl (C=S) groups is 1. The second-order valence-electron chi connectivity index (χ2n) is 6.87. The normalized spacial score (nSPS) is 12.1. The minimum Gasteiger partial charge on any atom is -0.468 e. The van der Waals surface area contributed by atoms with Gasteiger partial charge in [0.15, 0.2) is 5.11 Å². The number of nitrogens with one attached hydrogen (secondary N) is 3. The fraction of sp³-hybridized carbons (Fsp3) is 0.333. The molecule has 0 heterocycles. The fourth-order valence-corrected chi connectivity index (χ4v) is 4.36. The number of aryl methyl sites for hydroxylation is 1. The van der Waals surface area contributed by atoms with Crippen LogP contribution in [0.5, 0.6) is 0 Å². The molecule has 1 unspecified atom stereocenters. The third-order valence-corrected chi connectivity index (χ3v) is 6.51. The topological polar surface area (TPSA) is 96.5 Å². The number of hydrogen-bond donors (Lipinski definition) is 3. The smallest absolute Gasteiger partial charge is 0.323 e. The molecule has 0 spiro atoms. The van der Waals surface area contributed by atoms with Crippen LogP contribution in [0.4, 0.5) is 5.69 Å². The Hall–Kier alpha value is -2.20. The van der Waals surface area contributed by atoms with Crippen LogP contribution in [0.25, 0.3) is 0 Å². The minimum atomic E-state index is -3.84. The largest absolute Gasteiger partial charge is 0.468 e. The van der Waals surface area contributed by atoms with Gasteiger partial charge >= 0.3 is 5.97 Å². The second kappa shape index (κ2) is 12.0. The van der Waals surface area contributed by atoms with E-state index in [-0.39, 0.29) is 4.90 Å². The van der Waals surface area contributed by atoms with Gasteiger partial charge in [-0.1, -0.05) is 41.4 Å². The molecule has 0 saturated carbocycles. The van der Waals surface area contributed by atoms with Crippen LogP contribution in [0.1, 0.15) is 24.8 Å². The van der Waals surface area contributed by atoms with Crippen LogP contribution in [0.3, 0.4) is 0 Å². The zero-order valence-electron chi connectivity index (χ0n) is 17.4. The van der Waals surface area contributed by atoms with E-state index in [1.807, 2.05) is 25.1 Å². The number of benzene rings is 2. The Balaban J connectivity index is 1.82. The van der Waals surface area contributed by atoms with Crippen LogP contribution in [0.15, 0.2) is 53.4 Å². The first-order valence-corrected chi connectivity index (χ1v) is 12.0. The first-order valence-electron chi connectivity index (χ1n) is 9.69. The Bertz CT molecular complexity index is 998. The van der Waals surface area contributed by atoms with Gasteiger partial charge in [0.2, 0.25) is 10.0 Å². The summed E-state index contributed by atoms with van der Waals surface area (Å²) in [4.78, 5) is 12.2. The maximum Gasteiger partial charge on any atom is 0.323 e. The first kappa shape index (κ1) is 25.1. The highest BCUT2D eigenvalue weighted by Gasteiger charge is 2.26. The molecule has 3 N–H and O–H groups in total. The zero-order valence-corrected chi connectivity index (χ0v) is 19.7. The van der Waals surface area contributed by atoms with Gasteiger partial charge in [0.05, 0.1) is 22.7 Å². The summed E-state index contributed by atoms with van der Waals surface area (Å²) in [6.07, 6.45) is 1.55. The van der Waals surface area contributed by atoms with Gasteiger partial charge in [-0.2, -0.15) is 4.72 Å². The molecular formula is C21H26ClN3O4S2. The van der Waals surface area contributed by atoms with Crippen LogP contribution in [-0.2, 0) is 19.6 Å². The van der Waals surface area contributed by atoms with Crippen molar-refractivity contribution in [1.29, 1.82) is 0 Å². The van der Waals surface area contributed by atoms with Crippen molar-refractivity contribution in [2.24, 2.45) is 0 Å². The Morgan fingerprint density at radius 2 is 1.81 bits per heavy atom. The molecule has 2 aromatic carbocycles. The summed E-state index contributed by atoms with van der Waals surface area (Å²) in [5.41, 5.74) is 1.65. The Kier molecular flexibility index (Phi) is 9.70. The maximum atomic E-state index is 12.6. The molecular weight excluding hydrogens is 458 g/mol. The number of sulfonamides is 1. The summed E-state index contributed by atoms with van der Waals surface area (Å²) >= 11 is 11.3. The Morgan fingerprint density at radius 1 is 1.13 bits per heavy atom. The van der Waals surface area contributed by atoms with Crippen LogP contribution in [-0.4, -0.2) is 39.2 Å². The molecule has 0 aliphatic carbocycles. The molecule has 31 heavy (non-hydrogen) atoms. The third kappa shape index (κ3) is 8.10. The van der Waals surface area contributed by atoms with Crippen LogP contribution < -0.4 is 15.4 Å². The van der Waals surface area contributed by atoms with Crippen molar-refractivity contribution in [1.82, 2.24) is 10.0 Å². The molecule has 168 valence electrons. The van der Waals surface area contributed by atoms with Crippen molar-refractivity contribution in [2.75, 3.05) is 19.0 Å². The van der Waals surface area contributed by atoms with Crippen LogP contribution in [0.2, 0.25) is 5.02 Å². The van der Waals surface area contributed by atoms with E-state index >= 15 is 0 Å². The fourth-order valence-electron chi connectivity index (χ4n) is 2.74. The Morgan fingerprint density at radius 3 is 2.45 bits per heavy atom. The average molecular weight is 484 g/mol. The number of ether oxygens (including phenoxy) is 1. The highest BCUT2D eigenvalue weighted by Crippen LogP contribution is 2.20. The second-order valence-corrected chi connectivity index (χ2v) is 9.40. The number of carbonyl (C=O) groups is 1. The predicted molar refractivity (Wildman–Crippen MR) is 127 cm³/mol. The third-order valence-electron chi connectivity index (χ3n) is 4.44. The highest BCUT2D eigenvalue weighted by molar-refractivity contribution is 7.89. The number of halogens is 1. The number of anilines is 1. The summed E-state index contributed by atoms with van der Waals surface area (Å²) in [5, 5.41) is 7.07. The van der Waals surface area contributed by atoms with Crippen molar-refractivity contribution in [3.8, 4) is 0 Å². The molecule has 0 fully saturated rings. The lowest BCUT2D eigenvalue weighted by molar-refractivity contribution is -0.142. The van der Waals surface area contributed by atoms with Gasteiger partial charge in [0.25, 0.3) is 0 Å². The summed E-state index contributed by atoms with van der Waals surface area (Å²) in [7, 11) is -2.60. The monoisotopic (exact) mass is 483 g/mol. The molecule has 2 rings (SSSR count). The molecule has 0 saturated heterocycles. The van der Waals surface area contributed by atoms with E-state index in [1.54, 1.807) is 18.2 Å². The lowest BCUT2D eigenvalue weighted by Gasteiger charge is -2.17.